The molecule has 20 heavy (non-hydrogen) atoms. The van der Waals surface area contributed by atoms with Crippen LogP contribution in [0.25, 0.3) is 0 Å². The Morgan fingerprint density at radius 2 is 1.45 bits per heavy atom. The van der Waals surface area contributed by atoms with Crippen LogP contribution in [0.4, 0.5) is 5.69 Å². The molecule has 0 amide bonds. The maximum atomic E-state index is 12.8. The summed E-state index contributed by atoms with van der Waals surface area (Å²) in [6, 6.07) is 17.8. The lowest BCUT2D eigenvalue weighted by Crippen LogP contribution is -2.31. The van der Waals surface area contributed by atoms with Gasteiger partial charge in [0.1, 0.15) is 0 Å². The summed E-state index contributed by atoms with van der Waals surface area (Å²) < 4.78 is 27.0. The molecule has 3 nitrogen and oxygen atoms in total. The molecule has 0 bridgehead atoms. The van der Waals surface area contributed by atoms with Gasteiger partial charge in [-0.2, -0.15) is 0 Å². The lowest BCUT2D eigenvalue weighted by molar-refractivity contribution is 0.588. The highest BCUT2D eigenvalue weighted by Crippen LogP contribution is 2.23. The minimum absolute atomic E-state index is 0.333. The van der Waals surface area contributed by atoms with E-state index in [1.165, 1.54) is 4.31 Å². The molecule has 0 heterocycles. The molecule has 0 saturated carbocycles. The fraction of sp³-hybridized carbons (Fsp3) is 0.250. The van der Waals surface area contributed by atoms with Crippen LogP contribution in [0.5, 0.6) is 0 Å². The van der Waals surface area contributed by atoms with Gasteiger partial charge in [0.15, 0.2) is 0 Å². The second-order valence-electron chi connectivity index (χ2n) is 4.58. The zero-order valence-electron chi connectivity index (χ0n) is 11.6. The van der Waals surface area contributed by atoms with Gasteiger partial charge in [0.05, 0.1) is 10.6 Å². The third-order valence-corrected chi connectivity index (χ3v) is 4.93. The largest absolute Gasteiger partial charge is 0.266 e. The topological polar surface area (TPSA) is 37.4 Å². The number of sulfonamides is 1. The standard InChI is InChI=1S/C16H19NO2S/c1-2-3-14-17(15-10-6-4-7-11-15)20(18,19)16-12-8-5-9-13-16/h4-13H,2-3,14H2,1H3. The first-order valence-electron chi connectivity index (χ1n) is 6.79. The van der Waals surface area contributed by atoms with Crippen molar-refractivity contribution in [3.8, 4) is 0 Å². The molecular formula is C16H19NO2S. The second-order valence-corrected chi connectivity index (χ2v) is 6.44. The predicted molar refractivity (Wildman–Crippen MR) is 82.3 cm³/mol. The van der Waals surface area contributed by atoms with E-state index >= 15 is 0 Å². The Morgan fingerprint density at radius 1 is 0.900 bits per heavy atom. The van der Waals surface area contributed by atoms with Crippen molar-refractivity contribution >= 4 is 15.7 Å². The van der Waals surface area contributed by atoms with Gasteiger partial charge in [-0.15, -0.1) is 0 Å². The van der Waals surface area contributed by atoms with E-state index in [0.717, 1.165) is 12.8 Å². The Kier molecular flexibility index (Phi) is 4.79. The van der Waals surface area contributed by atoms with Gasteiger partial charge in [0.25, 0.3) is 10.0 Å². The van der Waals surface area contributed by atoms with Gasteiger partial charge >= 0.3 is 0 Å². The van der Waals surface area contributed by atoms with E-state index < -0.39 is 10.0 Å². The molecule has 2 aromatic carbocycles. The molecule has 0 aliphatic heterocycles. The van der Waals surface area contributed by atoms with Crippen molar-refractivity contribution in [2.24, 2.45) is 0 Å². The van der Waals surface area contributed by atoms with Crippen molar-refractivity contribution in [2.75, 3.05) is 10.8 Å². The molecular weight excluding hydrogens is 270 g/mol. The quantitative estimate of drug-likeness (QED) is 0.813. The summed E-state index contributed by atoms with van der Waals surface area (Å²) in [5, 5.41) is 0. The summed E-state index contributed by atoms with van der Waals surface area (Å²) in [6.45, 7) is 2.55. The number of hydrogen-bond donors (Lipinski definition) is 0. The van der Waals surface area contributed by atoms with Gasteiger partial charge < -0.3 is 0 Å². The number of benzene rings is 2. The van der Waals surface area contributed by atoms with E-state index in [9.17, 15) is 8.42 Å². The SMILES string of the molecule is CCCCN(c1ccccc1)S(=O)(=O)c1ccccc1. The Morgan fingerprint density at radius 3 is 2.00 bits per heavy atom. The van der Waals surface area contributed by atoms with Crippen molar-refractivity contribution in [2.45, 2.75) is 24.7 Å². The summed E-state index contributed by atoms with van der Waals surface area (Å²) in [4.78, 5) is 0.333. The zero-order valence-corrected chi connectivity index (χ0v) is 12.4. The number of unbranched alkanes of at least 4 members (excludes halogenated alkanes) is 1. The molecule has 106 valence electrons. The summed E-state index contributed by atoms with van der Waals surface area (Å²) in [5.41, 5.74) is 0.713. The summed E-state index contributed by atoms with van der Waals surface area (Å²) in [7, 11) is -3.49. The number of hydrogen-bond acceptors (Lipinski definition) is 2. The van der Waals surface area contributed by atoms with Crippen LogP contribution >= 0.6 is 0 Å². The maximum absolute atomic E-state index is 12.8. The van der Waals surface area contributed by atoms with Crippen LogP contribution in [0.15, 0.2) is 65.6 Å². The molecule has 4 heteroatoms. The number of anilines is 1. The number of nitrogens with zero attached hydrogens (tertiary/aromatic N) is 1. The Labute approximate surface area is 120 Å². The minimum atomic E-state index is -3.49. The molecule has 0 unspecified atom stereocenters. The lowest BCUT2D eigenvalue weighted by Gasteiger charge is -2.24. The highest BCUT2D eigenvalue weighted by atomic mass is 32.2. The van der Waals surface area contributed by atoms with Crippen LogP contribution in [-0.4, -0.2) is 15.0 Å². The first-order chi connectivity index (χ1) is 9.66. The van der Waals surface area contributed by atoms with Gasteiger partial charge in [-0.3, -0.25) is 4.31 Å². The van der Waals surface area contributed by atoms with Crippen LogP contribution in [-0.2, 0) is 10.0 Å². The van der Waals surface area contributed by atoms with E-state index in [-0.39, 0.29) is 0 Å². The van der Waals surface area contributed by atoms with Crippen LogP contribution in [0.1, 0.15) is 19.8 Å². The van der Waals surface area contributed by atoms with E-state index in [0.29, 0.717) is 17.1 Å². The Bertz CT molecular complexity index is 624. The molecule has 0 saturated heterocycles. The van der Waals surface area contributed by atoms with Crippen molar-refractivity contribution in [1.29, 1.82) is 0 Å². The first-order valence-corrected chi connectivity index (χ1v) is 8.23. The molecule has 0 aliphatic rings. The normalized spacial score (nSPS) is 11.2. The minimum Gasteiger partial charge on any atom is -0.266 e. The van der Waals surface area contributed by atoms with Crippen LogP contribution in [0, 0.1) is 0 Å². The van der Waals surface area contributed by atoms with Gasteiger partial charge in [-0.25, -0.2) is 8.42 Å². The van der Waals surface area contributed by atoms with Crippen molar-refractivity contribution in [3.63, 3.8) is 0 Å². The number of para-hydroxylation sites is 1. The molecule has 0 aliphatic carbocycles. The van der Waals surface area contributed by atoms with Gasteiger partial charge in [-0.05, 0) is 30.7 Å². The monoisotopic (exact) mass is 289 g/mol. The van der Waals surface area contributed by atoms with E-state index in [2.05, 4.69) is 6.92 Å². The molecule has 0 radical (unpaired) electrons. The average molecular weight is 289 g/mol. The highest BCUT2D eigenvalue weighted by molar-refractivity contribution is 7.92. The van der Waals surface area contributed by atoms with Gasteiger partial charge in [0.2, 0.25) is 0 Å². The fourth-order valence-corrected chi connectivity index (χ4v) is 3.53. The van der Waals surface area contributed by atoms with Crippen molar-refractivity contribution in [3.05, 3.63) is 60.7 Å². The summed E-state index contributed by atoms with van der Waals surface area (Å²) >= 11 is 0. The van der Waals surface area contributed by atoms with Crippen molar-refractivity contribution in [1.82, 2.24) is 0 Å². The van der Waals surface area contributed by atoms with Gasteiger partial charge in [0, 0.05) is 6.54 Å². The third kappa shape index (κ3) is 3.20. The smallest absolute Gasteiger partial charge is 0.264 e. The molecule has 0 fully saturated rings. The van der Waals surface area contributed by atoms with E-state index in [4.69, 9.17) is 0 Å². The Balaban J connectivity index is 2.41. The maximum Gasteiger partial charge on any atom is 0.264 e. The fourth-order valence-electron chi connectivity index (χ4n) is 2.00. The summed E-state index contributed by atoms with van der Waals surface area (Å²) in [6.07, 6.45) is 1.79. The molecule has 0 atom stereocenters. The molecule has 0 spiro atoms. The predicted octanol–water partition coefficient (Wildman–Crippen LogP) is 3.68. The molecule has 0 aromatic heterocycles. The molecule has 2 rings (SSSR count). The van der Waals surface area contributed by atoms with Crippen LogP contribution < -0.4 is 4.31 Å². The first kappa shape index (κ1) is 14.6. The van der Waals surface area contributed by atoms with E-state index in [1.807, 2.05) is 36.4 Å². The van der Waals surface area contributed by atoms with Crippen LogP contribution in [0.2, 0.25) is 0 Å². The second kappa shape index (κ2) is 6.57. The third-order valence-electron chi connectivity index (χ3n) is 3.09. The molecule has 2 aromatic rings. The van der Waals surface area contributed by atoms with Crippen molar-refractivity contribution < 1.29 is 8.42 Å². The lowest BCUT2D eigenvalue weighted by atomic mass is 10.3. The number of rotatable bonds is 6. The molecule has 0 N–H and O–H groups in total. The van der Waals surface area contributed by atoms with Crippen LogP contribution in [0.3, 0.4) is 0 Å². The van der Waals surface area contributed by atoms with Gasteiger partial charge in [-0.1, -0.05) is 49.7 Å². The summed E-state index contributed by atoms with van der Waals surface area (Å²) in [5.74, 6) is 0. The zero-order chi connectivity index (χ0) is 14.4. The Hall–Kier alpha value is -1.81. The van der Waals surface area contributed by atoms with E-state index in [1.54, 1.807) is 24.3 Å². The highest BCUT2D eigenvalue weighted by Gasteiger charge is 2.23. The average Bonchev–Trinajstić information content (AvgIpc) is 2.49.